The number of nitrogens with two attached hydrogens (primary N) is 1. The lowest BCUT2D eigenvalue weighted by Gasteiger charge is -2.44. The van der Waals surface area contributed by atoms with Crippen LogP contribution in [0.5, 0.6) is 0 Å². The van der Waals surface area contributed by atoms with Crippen LogP contribution >= 0.6 is 11.8 Å². The first-order valence-electron chi connectivity index (χ1n) is 9.73. The van der Waals surface area contributed by atoms with Crippen LogP contribution in [0.15, 0.2) is 30.3 Å². The maximum absolute atomic E-state index is 13.0. The van der Waals surface area contributed by atoms with E-state index in [1.54, 1.807) is 44.2 Å². The Balaban J connectivity index is 1.74. The number of thioether (sulfide) groups is 1. The highest BCUT2D eigenvalue weighted by Crippen LogP contribution is 2.50. The molecular weight excluding hydrogens is 422 g/mol. The summed E-state index contributed by atoms with van der Waals surface area (Å²) in [5.41, 5.74) is 5.82. The highest BCUT2D eigenvalue weighted by Gasteiger charge is 2.64. The Hall–Kier alpha value is -3.08. The summed E-state index contributed by atoms with van der Waals surface area (Å²) >= 11 is 1.33. The normalized spacial score (nSPS) is 24.5. The number of fused-ring (bicyclic) bond motifs is 1. The van der Waals surface area contributed by atoms with E-state index in [2.05, 4.69) is 10.6 Å². The number of amidine groups is 1. The first kappa shape index (κ1) is 22.6. The lowest BCUT2D eigenvalue weighted by Crippen LogP contribution is -2.71. The molecule has 11 heteroatoms. The molecule has 6 N–H and O–H groups in total. The molecule has 0 radical (unpaired) electrons. The average molecular weight is 448 g/mol. The zero-order chi connectivity index (χ0) is 22.9. The number of nitrogens with one attached hydrogen (secondary N) is 3. The van der Waals surface area contributed by atoms with Crippen LogP contribution in [0.1, 0.15) is 38.3 Å². The average Bonchev–Trinajstić information content (AvgIpc) is 2.97. The van der Waals surface area contributed by atoms with Gasteiger partial charge in [-0.25, -0.2) is 4.79 Å². The van der Waals surface area contributed by atoms with Crippen molar-refractivity contribution in [1.29, 1.82) is 5.41 Å². The SMILES string of the molecule is CC1(C)S[C@@H]2[C@H](NC(=O)[C@H](NC(=O)CCC(=N)N)c3ccccc3)C(=O)N2[C@H]1C(=O)O. The molecule has 0 spiro atoms. The molecule has 0 aliphatic carbocycles. The van der Waals surface area contributed by atoms with E-state index in [1.807, 2.05) is 0 Å². The quantitative estimate of drug-likeness (QED) is 0.215. The van der Waals surface area contributed by atoms with E-state index in [1.165, 1.54) is 16.7 Å². The van der Waals surface area contributed by atoms with Crippen LogP contribution in [0, 0.1) is 5.41 Å². The fraction of sp³-hybridized carbons (Fsp3) is 0.450. The van der Waals surface area contributed by atoms with Gasteiger partial charge in [-0.15, -0.1) is 11.8 Å². The molecule has 1 aromatic rings. The lowest BCUT2D eigenvalue weighted by atomic mass is 9.95. The number of carboxylic acid groups (broad SMARTS) is 1. The number of rotatable bonds is 8. The summed E-state index contributed by atoms with van der Waals surface area (Å²) in [5, 5.41) is 21.6. The van der Waals surface area contributed by atoms with Crippen molar-refractivity contribution < 1.29 is 24.3 Å². The molecule has 0 bridgehead atoms. The number of carboxylic acids is 1. The fourth-order valence-corrected chi connectivity index (χ4v) is 5.43. The van der Waals surface area contributed by atoms with Crippen molar-refractivity contribution in [3.63, 3.8) is 0 Å². The zero-order valence-electron chi connectivity index (χ0n) is 17.1. The summed E-state index contributed by atoms with van der Waals surface area (Å²) in [6.07, 6.45) is 0.0183. The van der Waals surface area contributed by atoms with Gasteiger partial charge < -0.3 is 26.4 Å². The van der Waals surface area contributed by atoms with Gasteiger partial charge in [0, 0.05) is 17.6 Å². The smallest absolute Gasteiger partial charge is 0.327 e. The molecule has 10 nitrogen and oxygen atoms in total. The number of carbonyl (C=O) groups excluding carboxylic acids is 3. The Bertz CT molecular complexity index is 922. The second-order valence-corrected chi connectivity index (χ2v) is 9.79. The molecule has 2 saturated heterocycles. The minimum absolute atomic E-state index is 0.0466. The third kappa shape index (κ3) is 4.50. The molecule has 166 valence electrons. The third-order valence-electron chi connectivity index (χ3n) is 5.29. The number of hydrogen-bond donors (Lipinski definition) is 5. The summed E-state index contributed by atoms with van der Waals surface area (Å²) in [6, 6.07) is 5.68. The summed E-state index contributed by atoms with van der Waals surface area (Å²) < 4.78 is -0.703. The highest BCUT2D eigenvalue weighted by atomic mass is 32.2. The van der Waals surface area contributed by atoms with Gasteiger partial charge in [0.2, 0.25) is 17.7 Å². The second-order valence-electron chi connectivity index (χ2n) is 8.02. The van der Waals surface area contributed by atoms with E-state index in [9.17, 15) is 24.3 Å². The molecule has 2 aliphatic heterocycles. The standard InChI is InChI=1S/C20H25N5O5S/c1-20(2)15(19(29)30)25-17(28)14(18(25)31-20)24-16(27)13(10-6-4-3-5-7-10)23-12(26)9-8-11(21)22/h3-7,13-15,18H,8-9H2,1-2H3,(H3,21,22)(H,23,26)(H,24,27)(H,29,30)/t13-,14-,15+,18-/m1/s1. The minimum atomic E-state index is -1.09. The Morgan fingerprint density at radius 1 is 1.26 bits per heavy atom. The van der Waals surface area contributed by atoms with Gasteiger partial charge in [-0.3, -0.25) is 19.8 Å². The molecule has 31 heavy (non-hydrogen) atoms. The van der Waals surface area contributed by atoms with E-state index in [4.69, 9.17) is 11.1 Å². The monoisotopic (exact) mass is 447 g/mol. The number of carbonyl (C=O) groups is 4. The molecule has 0 aromatic heterocycles. The van der Waals surface area contributed by atoms with Gasteiger partial charge in [-0.1, -0.05) is 30.3 Å². The van der Waals surface area contributed by atoms with Crippen molar-refractivity contribution in [1.82, 2.24) is 15.5 Å². The zero-order valence-corrected chi connectivity index (χ0v) is 17.9. The molecule has 0 unspecified atom stereocenters. The number of β-lactam (4-membered cyclic amide) rings is 1. The van der Waals surface area contributed by atoms with Crippen LogP contribution in [0.4, 0.5) is 0 Å². The minimum Gasteiger partial charge on any atom is -0.480 e. The molecule has 2 fully saturated rings. The van der Waals surface area contributed by atoms with E-state index >= 15 is 0 Å². The van der Waals surface area contributed by atoms with Crippen molar-refractivity contribution in [3.8, 4) is 0 Å². The van der Waals surface area contributed by atoms with Crippen molar-refractivity contribution in [2.24, 2.45) is 5.73 Å². The van der Waals surface area contributed by atoms with Crippen molar-refractivity contribution in [3.05, 3.63) is 35.9 Å². The van der Waals surface area contributed by atoms with Gasteiger partial charge in [-0.05, 0) is 19.4 Å². The summed E-state index contributed by atoms with van der Waals surface area (Å²) in [5.74, 6) is -2.71. The van der Waals surface area contributed by atoms with E-state index in [-0.39, 0.29) is 18.7 Å². The number of hydrogen-bond acceptors (Lipinski definition) is 6. The predicted molar refractivity (Wildman–Crippen MR) is 114 cm³/mol. The Morgan fingerprint density at radius 3 is 2.48 bits per heavy atom. The Kier molecular flexibility index (Phi) is 6.25. The molecular formula is C20H25N5O5S. The maximum Gasteiger partial charge on any atom is 0.327 e. The number of amides is 3. The van der Waals surface area contributed by atoms with Crippen LogP contribution in [0.25, 0.3) is 0 Å². The van der Waals surface area contributed by atoms with Gasteiger partial charge in [0.05, 0.1) is 5.84 Å². The summed E-state index contributed by atoms with van der Waals surface area (Å²) in [6.45, 7) is 3.51. The van der Waals surface area contributed by atoms with Gasteiger partial charge in [0.25, 0.3) is 0 Å². The number of benzene rings is 1. The molecule has 4 atom stereocenters. The van der Waals surface area contributed by atoms with Gasteiger partial charge in [0.15, 0.2) is 0 Å². The van der Waals surface area contributed by atoms with Crippen LogP contribution < -0.4 is 16.4 Å². The molecule has 3 rings (SSSR count). The van der Waals surface area contributed by atoms with Crippen LogP contribution in [-0.4, -0.2) is 61.7 Å². The summed E-state index contributed by atoms with van der Waals surface area (Å²) in [7, 11) is 0. The highest BCUT2D eigenvalue weighted by molar-refractivity contribution is 8.01. The van der Waals surface area contributed by atoms with E-state index in [0.717, 1.165) is 0 Å². The molecule has 3 amide bonds. The first-order valence-corrected chi connectivity index (χ1v) is 10.6. The first-order chi connectivity index (χ1) is 14.5. The predicted octanol–water partition coefficient (Wildman–Crippen LogP) is 0.192. The van der Waals surface area contributed by atoms with Crippen LogP contribution in [0.2, 0.25) is 0 Å². The molecule has 0 saturated carbocycles. The van der Waals surface area contributed by atoms with Gasteiger partial charge >= 0.3 is 5.97 Å². The number of nitrogens with zero attached hydrogens (tertiary/aromatic N) is 1. The topological polar surface area (TPSA) is 166 Å². The molecule has 2 aliphatic rings. The Morgan fingerprint density at radius 2 is 1.90 bits per heavy atom. The second kappa shape index (κ2) is 8.58. The van der Waals surface area contributed by atoms with Gasteiger partial charge in [0.1, 0.15) is 23.5 Å². The van der Waals surface area contributed by atoms with Crippen molar-refractivity contribution in [2.75, 3.05) is 0 Å². The Labute approximate surface area is 183 Å². The number of aliphatic carboxylic acids is 1. The summed E-state index contributed by atoms with van der Waals surface area (Å²) in [4.78, 5) is 50.9. The lowest BCUT2D eigenvalue weighted by molar-refractivity contribution is -0.161. The fourth-order valence-electron chi connectivity index (χ4n) is 3.81. The van der Waals surface area contributed by atoms with Crippen LogP contribution in [0.3, 0.4) is 0 Å². The van der Waals surface area contributed by atoms with Crippen molar-refractivity contribution >= 4 is 41.3 Å². The van der Waals surface area contributed by atoms with E-state index < -0.39 is 51.9 Å². The van der Waals surface area contributed by atoms with Gasteiger partial charge in [-0.2, -0.15) is 0 Å². The van der Waals surface area contributed by atoms with Crippen LogP contribution in [-0.2, 0) is 19.2 Å². The third-order valence-corrected chi connectivity index (χ3v) is 6.87. The van der Waals surface area contributed by atoms with Crippen molar-refractivity contribution in [2.45, 2.75) is 54.9 Å². The maximum atomic E-state index is 13.0. The van der Waals surface area contributed by atoms with E-state index in [0.29, 0.717) is 5.56 Å². The molecule has 1 aromatic carbocycles. The molecule has 2 heterocycles. The largest absolute Gasteiger partial charge is 0.480 e.